The fraction of sp³-hybridized carbons (Fsp3) is 0.615. The van der Waals surface area contributed by atoms with Gasteiger partial charge in [0, 0.05) is 51.1 Å². The predicted octanol–water partition coefficient (Wildman–Crippen LogP) is 2.56. The number of pyridine rings is 1. The van der Waals surface area contributed by atoms with Crippen molar-refractivity contribution in [3.8, 4) is 0 Å². The van der Waals surface area contributed by atoms with Crippen molar-refractivity contribution in [1.82, 2.24) is 9.88 Å². The molecule has 2 fully saturated rings. The molecule has 1 aromatic heterocycles. The minimum absolute atomic E-state index is 0.0972. The first-order chi connectivity index (χ1) is 10.4. The van der Waals surface area contributed by atoms with Crippen LogP contribution in [0.1, 0.15) is 12.8 Å². The quantitative estimate of drug-likeness (QED) is 0.629. The first-order valence-electron chi connectivity index (χ1n) is 7.02. The zero-order chi connectivity index (χ0) is 15.9. The lowest BCUT2D eigenvalue weighted by molar-refractivity contribution is -0.385. The molecule has 1 aromatic rings. The Balaban J connectivity index is 1.58. The van der Waals surface area contributed by atoms with E-state index < -0.39 is 10.8 Å². The molecule has 0 spiro atoms. The summed E-state index contributed by atoms with van der Waals surface area (Å²) in [6.07, 6.45) is 0.982. The Morgan fingerprint density at radius 3 is 2.55 bits per heavy atom. The molecule has 0 unspecified atom stereocenters. The molecule has 3 heterocycles. The summed E-state index contributed by atoms with van der Waals surface area (Å²) in [4.78, 5) is 18.1. The van der Waals surface area contributed by atoms with Gasteiger partial charge < -0.3 is 4.90 Å². The lowest BCUT2D eigenvalue weighted by atomic mass is 10.0. The van der Waals surface area contributed by atoms with Gasteiger partial charge in [-0.2, -0.15) is 0 Å². The average molecular weight is 333 g/mol. The zero-order valence-corrected chi connectivity index (χ0v) is 12.5. The van der Waals surface area contributed by atoms with Crippen molar-refractivity contribution < 1.29 is 13.7 Å². The maximum absolute atomic E-state index is 13.1. The number of rotatable bonds is 3. The molecule has 0 bridgehead atoms. The highest BCUT2D eigenvalue weighted by Crippen LogP contribution is 2.34. The van der Waals surface area contributed by atoms with Crippen molar-refractivity contribution in [2.75, 3.05) is 31.1 Å². The number of hydrogen-bond acceptors (Lipinski definition) is 5. The number of halogens is 3. The summed E-state index contributed by atoms with van der Waals surface area (Å²) < 4.78 is 26.3. The van der Waals surface area contributed by atoms with Gasteiger partial charge in [0.05, 0.1) is 9.95 Å². The van der Waals surface area contributed by atoms with Crippen molar-refractivity contribution in [2.45, 2.75) is 24.8 Å². The van der Waals surface area contributed by atoms with Gasteiger partial charge in [-0.1, -0.05) is 11.6 Å². The van der Waals surface area contributed by atoms with Crippen LogP contribution in [-0.4, -0.2) is 53.0 Å². The molecule has 22 heavy (non-hydrogen) atoms. The molecule has 0 saturated carbocycles. The van der Waals surface area contributed by atoms with E-state index >= 15 is 0 Å². The van der Waals surface area contributed by atoms with Crippen LogP contribution in [0.2, 0.25) is 5.02 Å². The van der Waals surface area contributed by atoms with E-state index in [1.807, 2.05) is 4.90 Å². The fourth-order valence-corrected chi connectivity index (χ4v) is 3.11. The standard InChI is InChI=1S/C13H15ClF2N4O2/c14-11-5-9(20(21)22)6-17-12(11)19-7-10(8-19)18-3-1-13(15,16)2-4-18/h5-6,10H,1-4,7-8H2. The highest BCUT2D eigenvalue weighted by Gasteiger charge is 2.40. The predicted molar refractivity (Wildman–Crippen MR) is 77.7 cm³/mol. The van der Waals surface area contributed by atoms with Crippen LogP contribution in [0.25, 0.3) is 0 Å². The van der Waals surface area contributed by atoms with Crippen molar-refractivity contribution in [3.05, 3.63) is 27.4 Å². The van der Waals surface area contributed by atoms with E-state index in [-0.39, 0.29) is 29.6 Å². The number of hydrogen-bond donors (Lipinski definition) is 0. The molecule has 6 nitrogen and oxygen atoms in total. The molecule has 0 aromatic carbocycles. The number of anilines is 1. The van der Waals surface area contributed by atoms with Gasteiger partial charge in [-0.25, -0.2) is 13.8 Å². The highest BCUT2D eigenvalue weighted by atomic mass is 35.5. The van der Waals surface area contributed by atoms with Crippen molar-refractivity contribution in [1.29, 1.82) is 0 Å². The Hall–Kier alpha value is -1.54. The maximum Gasteiger partial charge on any atom is 0.289 e. The van der Waals surface area contributed by atoms with Crippen LogP contribution in [-0.2, 0) is 0 Å². The van der Waals surface area contributed by atoms with Crippen LogP contribution >= 0.6 is 11.6 Å². The number of nitro groups is 1. The minimum atomic E-state index is -2.54. The average Bonchev–Trinajstić information content (AvgIpc) is 2.40. The van der Waals surface area contributed by atoms with Crippen LogP contribution in [0, 0.1) is 10.1 Å². The van der Waals surface area contributed by atoms with Gasteiger partial charge in [0.15, 0.2) is 0 Å². The van der Waals surface area contributed by atoms with Gasteiger partial charge in [0.25, 0.3) is 11.6 Å². The van der Waals surface area contributed by atoms with Gasteiger partial charge >= 0.3 is 0 Å². The molecule has 2 aliphatic heterocycles. The lowest BCUT2D eigenvalue weighted by Crippen LogP contribution is -2.61. The Bertz CT molecular complexity index is 585. The first kappa shape index (κ1) is 15.4. The lowest BCUT2D eigenvalue weighted by Gasteiger charge is -2.48. The van der Waals surface area contributed by atoms with E-state index in [0.717, 1.165) is 0 Å². The topological polar surface area (TPSA) is 62.5 Å². The fourth-order valence-electron chi connectivity index (χ4n) is 2.83. The third-order valence-electron chi connectivity index (χ3n) is 4.23. The molecular weight excluding hydrogens is 318 g/mol. The summed E-state index contributed by atoms with van der Waals surface area (Å²) in [5.74, 6) is -2.03. The minimum Gasteiger partial charge on any atom is -0.352 e. The van der Waals surface area contributed by atoms with E-state index in [1.54, 1.807) is 0 Å². The van der Waals surface area contributed by atoms with E-state index in [9.17, 15) is 18.9 Å². The second-order valence-electron chi connectivity index (χ2n) is 5.71. The van der Waals surface area contributed by atoms with E-state index in [2.05, 4.69) is 9.88 Å². The molecule has 0 N–H and O–H groups in total. The molecule has 9 heteroatoms. The molecule has 0 radical (unpaired) electrons. The number of piperidine rings is 1. The Morgan fingerprint density at radius 2 is 2.00 bits per heavy atom. The van der Waals surface area contributed by atoms with Crippen molar-refractivity contribution in [3.63, 3.8) is 0 Å². The molecular formula is C13H15ClF2N4O2. The summed E-state index contributed by atoms with van der Waals surface area (Å²) in [5.41, 5.74) is -0.149. The zero-order valence-electron chi connectivity index (χ0n) is 11.7. The number of alkyl halides is 2. The van der Waals surface area contributed by atoms with Crippen LogP contribution in [0.4, 0.5) is 20.3 Å². The molecule has 2 saturated heterocycles. The van der Waals surface area contributed by atoms with Crippen LogP contribution in [0.3, 0.4) is 0 Å². The second kappa shape index (κ2) is 5.58. The van der Waals surface area contributed by atoms with E-state index in [0.29, 0.717) is 32.0 Å². The molecule has 120 valence electrons. The van der Waals surface area contributed by atoms with Gasteiger partial charge in [0.2, 0.25) is 0 Å². The number of likely N-dealkylation sites (tertiary alicyclic amines) is 1. The van der Waals surface area contributed by atoms with Crippen molar-refractivity contribution >= 4 is 23.1 Å². The SMILES string of the molecule is O=[N+]([O-])c1cnc(N2CC(N3CCC(F)(F)CC3)C2)c(Cl)c1. The monoisotopic (exact) mass is 332 g/mol. The summed E-state index contributed by atoms with van der Waals surface area (Å²) in [5, 5.41) is 10.9. The third kappa shape index (κ3) is 2.98. The van der Waals surface area contributed by atoms with Crippen LogP contribution in [0.15, 0.2) is 12.3 Å². The van der Waals surface area contributed by atoms with Crippen LogP contribution < -0.4 is 4.90 Å². The summed E-state index contributed by atoms with van der Waals surface area (Å²) in [6, 6.07) is 1.49. The number of nitrogens with zero attached hydrogens (tertiary/aromatic N) is 4. The van der Waals surface area contributed by atoms with Gasteiger partial charge in [-0.15, -0.1) is 0 Å². The third-order valence-corrected chi connectivity index (χ3v) is 4.50. The second-order valence-corrected chi connectivity index (χ2v) is 6.11. The maximum atomic E-state index is 13.1. The Morgan fingerprint density at radius 1 is 1.36 bits per heavy atom. The molecule has 0 amide bonds. The van der Waals surface area contributed by atoms with Gasteiger partial charge in [-0.3, -0.25) is 15.0 Å². The normalized spacial score (nSPS) is 22.4. The van der Waals surface area contributed by atoms with Gasteiger partial charge in [-0.05, 0) is 0 Å². The first-order valence-corrected chi connectivity index (χ1v) is 7.40. The Labute approximate surface area is 130 Å². The van der Waals surface area contributed by atoms with Gasteiger partial charge in [0.1, 0.15) is 12.0 Å². The Kier molecular flexibility index (Phi) is 3.90. The number of aromatic nitrogens is 1. The smallest absolute Gasteiger partial charge is 0.289 e. The molecule has 0 aliphatic carbocycles. The summed E-state index contributed by atoms with van der Waals surface area (Å²) in [7, 11) is 0. The largest absolute Gasteiger partial charge is 0.352 e. The highest BCUT2D eigenvalue weighted by molar-refractivity contribution is 6.33. The summed E-state index contributed by atoms with van der Waals surface area (Å²) >= 11 is 6.03. The van der Waals surface area contributed by atoms with Crippen LogP contribution in [0.5, 0.6) is 0 Å². The molecule has 2 aliphatic rings. The summed E-state index contributed by atoms with van der Waals surface area (Å²) in [6.45, 7) is 2.09. The molecule has 3 rings (SSSR count). The van der Waals surface area contributed by atoms with Crippen molar-refractivity contribution in [2.24, 2.45) is 0 Å². The molecule has 0 atom stereocenters. The van der Waals surface area contributed by atoms with E-state index in [1.165, 1.54) is 12.3 Å². The van der Waals surface area contributed by atoms with E-state index in [4.69, 9.17) is 11.6 Å².